The summed E-state index contributed by atoms with van der Waals surface area (Å²) in [6.45, 7) is 4.75. The van der Waals surface area contributed by atoms with Gasteiger partial charge in [0.2, 0.25) is 0 Å². The maximum Gasteiger partial charge on any atom is 0.0543 e. The molecule has 0 amide bonds. The number of nitrogens with zero attached hydrogens (tertiary/aromatic N) is 2. The van der Waals surface area contributed by atoms with Gasteiger partial charge in [0.15, 0.2) is 0 Å². The van der Waals surface area contributed by atoms with Crippen LogP contribution in [0.25, 0.3) is 11.1 Å². The van der Waals surface area contributed by atoms with Crippen LogP contribution in [0.1, 0.15) is 68.2 Å². The van der Waals surface area contributed by atoms with Crippen LogP contribution < -0.4 is 9.80 Å². The Bertz CT molecular complexity index is 2400. The number of benzene rings is 7. The molecule has 0 saturated heterocycles. The minimum Gasteiger partial charge on any atom is -0.311 e. The predicted molar refractivity (Wildman–Crippen MR) is 231 cm³/mol. The van der Waals surface area contributed by atoms with Crippen molar-refractivity contribution in [2.45, 2.75) is 56.8 Å². The van der Waals surface area contributed by atoms with Gasteiger partial charge in [0.25, 0.3) is 0 Å². The third kappa shape index (κ3) is 5.37. The maximum absolute atomic E-state index is 2.49. The first-order valence-electron chi connectivity index (χ1n) is 20.3. The maximum atomic E-state index is 2.49. The molecule has 55 heavy (non-hydrogen) atoms. The second-order valence-electron chi connectivity index (χ2n) is 16.3. The van der Waals surface area contributed by atoms with E-state index in [9.17, 15) is 0 Å². The first-order valence-corrected chi connectivity index (χ1v) is 20.3. The molecule has 7 aromatic carbocycles. The lowest BCUT2D eigenvalue weighted by Gasteiger charge is -2.40. The number of fused-ring (bicyclic) bond motifs is 5. The van der Waals surface area contributed by atoms with Crippen molar-refractivity contribution in [3.05, 3.63) is 204 Å². The van der Waals surface area contributed by atoms with Gasteiger partial charge >= 0.3 is 0 Å². The molecule has 2 bridgehead atoms. The molecule has 0 N–H and O–H groups in total. The van der Waals surface area contributed by atoms with Crippen molar-refractivity contribution in [1.29, 1.82) is 0 Å². The Morgan fingerprint density at radius 3 is 1.51 bits per heavy atom. The number of rotatable bonds is 9. The van der Waals surface area contributed by atoms with Crippen LogP contribution in [-0.2, 0) is 10.8 Å². The van der Waals surface area contributed by atoms with Crippen molar-refractivity contribution in [3.63, 3.8) is 0 Å². The minimum absolute atomic E-state index is 0.0117. The summed E-state index contributed by atoms with van der Waals surface area (Å²) in [6.07, 6.45) is 6.26. The van der Waals surface area contributed by atoms with Gasteiger partial charge in [-0.05, 0) is 132 Å². The first-order chi connectivity index (χ1) is 27.1. The lowest BCUT2D eigenvalue weighted by molar-refractivity contribution is 0.320. The number of hydrogen-bond acceptors (Lipinski definition) is 2. The lowest BCUT2D eigenvalue weighted by Crippen LogP contribution is -2.34. The summed E-state index contributed by atoms with van der Waals surface area (Å²) in [5.74, 6) is 1.44. The second kappa shape index (κ2) is 13.5. The van der Waals surface area contributed by atoms with Gasteiger partial charge in [0.05, 0.1) is 5.69 Å². The summed E-state index contributed by atoms with van der Waals surface area (Å²) in [7, 11) is 0. The van der Waals surface area contributed by atoms with Gasteiger partial charge in [0.1, 0.15) is 0 Å². The molecule has 0 aliphatic heterocycles. The molecule has 3 aliphatic rings. The molecule has 4 unspecified atom stereocenters. The van der Waals surface area contributed by atoms with E-state index in [0.717, 1.165) is 12.3 Å². The fourth-order valence-corrected chi connectivity index (χ4v) is 10.8. The van der Waals surface area contributed by atoms with Crippen LogP contribution in [0, 0.1) is 11.8 Å². The van der Waals surface area contributed by atoms with E-state index in [4.69, 9.17) is 0 Å². The van der Waals surface area contributed by atoms with Gasteiger partial charge in [-0.2, -0.15) is 0 Å². The van der Waals surface area contributed by atoms with Crippen molar-refractivity contribution in [2.24, 2.45) is 11.8 Å². The molecule has 2 saturated carbocycles. The fourth-order valence-electron chi connectivity index (χ4n) is 10.8. The minimum atomic E-state index is -0.0168. The molecule has 0 heterocycles. The van der Waals surface area contributed by atoms with Gasteiger partial charge in [0, 0.05) is 44.8 Å². The van der Waals surface area contributed by atoms with Crippen LogP contribution >= 0.6 is 0 Å². The third-order valence-corrected chi connectivity index (χ3v) is 13.5. The molecule has 2 heteroatoms. The van der Waals surface area contributed by atoms with Gasteiger partial charge in [-0.25, -0.2) is 0 Å². The first kappa shape index (κ1) is 33.7. The topological polar surface area (TPSA) is 6.48 Å². The SMILES string of the molecule is CCC1(C)c2ccccc2-c2c(N(c3ccccc3)c3ccc(C4(c5ccc(N(c6ccccc6)c6ccccc6)cc5)CC5CCC4C5)cc3)cccc21. The summed E-state index contributed by atoms with van der Waals surface area (Å²) < 4.78 is 0. The summed E-state index contributed by atoms with van der Waals surface area (Å²) in [6, 6.07) is 67.7. The van der Waals surface area contributed by atoms with Crippen LogP contribution in [0.5, 0.6) is 0 Å². The number of hydrogen-bond donors (Lipinski definition) is 0. The molecule has 270 valence electrons. The van der Waals surface area contributed by atoms with Crippen LogP contribution in [0.3, 0.4) is 0 Å². The van der Waals surface area contributed by atoms with Crippen LogP contribution in [0.15, 0.2) is 182 Å². The van der Waals surface area contributed by atoms with E-state index in [1.54, 1.807) is 0 Å². The molecular formula is C53H48N2. The summed E-state index contributed by atoms with van der Waals surface area (Å²) >= 11 is 0. The standard InChI is InChI=1S/C53H48N2/c1-3-52(2)48-23-14-13-22-47(48)51-49(52)24-15-25-50(51)55(44-20-11-6-12-21-44)46-34-30-40(31-35-46)53(37-38-26-27-41(53)36-38)39-28-32-45(33-29-39)54(42-16-7-4-8-17-42)43-18-9-5-10-19-43/h4-25,28-35,38,41H,3,26-27,36-37H2,1-2H3. The van der Waals surface area contributed by atoms with Crippen LogP contribution in [0.2, 0.25) is 0 Å². The van der Waals surface area contributed by atoms with Crippen molar-refractivity contribution in [3.8, 4) is 11.1 Å². The summed E-state index contributed by atoms with van der Waals surface area (Å²) in [5, 5.41) is 0. The molecule has 3 aliphatic carbocycles. The largest absolute Gasteiger partial charge is 0.311 e. The zero-order chi connectivity index (χ0) is 37.0. The smallest absolute Gasteiger partial charge is 0.0543 e. The van der Waals surface area contributed by atoms with Crippen molar-refractivity contribution in [2.75, 3.05) is 9.80 Å². The summed E-state index contributed by atoms with van der Waals surface area (Å²) in [5.41, 5.74) is 15.6. The molecule has 7 aromatic rings. The van der Waals surface area contributed by atoms with Gasteiger partial charge in [-0.3, -0.25) is 0 Å². The Balaban J connectivity index is 1.06. The van der Waals surface area contributed by atoms with Gasteiger partial charge in [-0.1, -0.05) is 136 Å². The molecule has 0 spiro atoms. The molecule has 2 fully saturated rings. The molecule has 0 aromatic heterocycles. The van der Waals surface area contributed by atoms with E-state index < -0.39 is 0 Å². The fraction of sp³-hybridized carbons (Fsp3) is 0.208. The lowest BCUT2D eigenvalue weighted by atomic mass is 9.64. The molecule has 10 rings (SSSR count). The van der Waals surface area contributed by atoms with E-state index in [0.29, 0.717) is 5.92 Å². The second-order valence-corrected chi connectivity index (χ2v) is 16.3. The Kier molecular flexibility index (Phi) is 8.25. The van der Waals surface area contributed by atoms with E-state index in [2.05, 4.69) is 206 Å². The number of para-hydroxylation sites is 3. The Hall–Kier alpha value is -5.86. The Morgan fingerprint density at radius 2 is 0.982 bits per heavy atom. The normalized spacial score (nSPS) is 21.9. The predicted octanol–water partition coefficient (Wildman–Crippen LogP) is 14.4. The Labute approximate surface area is 326 Å². The van der Waals surface area contributed by atoms with E-state index >= 15 is 0 Å². The highest BCUT2D eigenvalue weighted by atomic mass is 15.1. The molecule has 4 atom stereocenters. The molecule has 0 radical (unpaired) electrons. The van der Waals surface area contributed by atoms with Crippen molar-refractivity contribution >= 4 is 34.1 Å². The van der Waals surface area contributed by atoms with E-state index in [-0.39, 0.29) is 10.8 Å². The Morgan fingerprint density at radius 1 is 0.491 bits per heavy atom. The van der Waals surface area contributed by atoms with E-state index in [1.165, 1.54) is 93.2 Å². The highest BCUT2D eigenvalue weighted by molar-refractivity contribution is 5.95. The highest BCUT2D eigenvalue weighted by Gasteiger charge is 2.52. The zero-order valence-corrected chi connectivity index (χ0v) is 31.9. The van der Waals surface area contributed by atoms with Crippen molar-refractivity contribution < 1.29 is 0 Å². The van der Waals surface area contributed by atoms with Crippen LogP contribution in [0.4, 0.5) is 34.1 Å². The monoisotopic (exact) mass is 712 g/mol. The number of anilines is 6. The van der Waals surface area contributed by atoms with Crippen LogP contribution in [-0.4, -0.2) is 0 Å². The summed E-state index contributed by atoms with van der Waals surface area (Å²) in [4.78, 5) is 4.86. The van der Waals surface area contributed by atoms with Gasteiger partial charge in [-0.15, -0.1) is 0 Å². The van der Waals surface area contributed by atoms with Crippen molar-refractivity contribution in [1.82, 2.24) is 0 Å². The quantitative estimate of drug-likeness (QED) is 0.147. The third-order valence-electron chi connectivity index (χ3n) is 13.5. The average molecular weight is 713 g/mol. The average Bonchev–Trinajstić information content (AvgIpc) is 3.95. The zero-order valence-electron chi connectivity index (χ0n) is 31.9. The molecular weight excluding hydrogens is 665 g/mol. The van der Waals surface area contributed by atoms with Gasteiger partial charge < -0.3 is 9.80 Å². The highest BCUT2D eigenvalue weighted by Crippen LogP contribution is 2.61. The molecule has 2 nitrogen and oxygen atoms in total. The van der Waals surface area contributed by atoms with E-state index in [1.807, 2.05) is 0 Å².